The number of hydrogen-bond acceptors (Lipinski definition) is 4. The van der Waals surface area contributed by atoms with Gasteiger partial charge in [-0.3, -0.25) is 19.3 Å². The van der Waals surface area contributed by atoms with Crippen LogP contribution in [-0.4, -0.2) is 28.6 Å². The predicted molar refractivity (Wildman–Crippen MR) is 109 cm³/mol. The highest BCUT2D eigenvalue weighted by atomic mass is 79.9. The molecule has 2 aromatic rings. The number of amides is 2. The van der Waals surface area contributed by atoms with Gasteiger partial charge in [0.25, 0.3) is 11.7 Å². The number of fused-ring (bicyclic) bond motifs is 1. The van der Waals surface area contributed by atoms with Gasteiger partial charge in [-0.05, 0) is 42.7 Å². The molecule has 1 aliphatic carbocycles. The van der Waals surface area contributed by atoms with Gasteiger partial charge in [-0.15, -0.1) is 0 Å². The van der Waals surface area contributed by atoms with Gasteiger partial charge in [0.2, 0.25) is 5.91 Å². The topological polar surface area (TPSA) is 79.4 Å². The van der Waals surface area contributed by atoms with Crippen LogP contribution < -0.4 is 10.2 Å². The molecule has 6 nitrogen and oxygen atoms in total. The van der Waals surface area contributed by atoms with E-state index in [1.807, 2.05) is 0 Å². The van der Waals surface area contributed by atoms with E-state index in [2.05, 4.69) is 26.2 Å². The molecule has 4 rings (SSSR count). The third-order valence-corrected chi connectivity index (χ3v) is 5.93. The normalized spacial score (nSPS) is 17.7. The molecule has 2 heterocycles. The quantitative estimate of drug-likeness (QED) is 0.711. The highest BCUT2D eigenvalue weighted by Gasteiger charge is 2.43. The van der Waals surface area contributed by atoms with Gasteiger partial charge < -0.3 is 5.32 Å². The number of pyridine rings is 1. The molecule has 0 spiro atoms. The van der Waals surface area contributed by atoms with Crippen LogP contribution in [0.1, 0.15) is 42.5 Å². The van der Waals surface area contributed by atoms with Gasteiger partial charge >= 0.3 is 0 Å². The summed E-state index contributed by atoms with van der Waals surface area (Å²) in [7, 11) is 0. The summed E-state index contributed by atoms with van der Waals surface area (Å²) in [6.45, 7) is 0. The van der Waals surface area contributed by atoms with Crippen molar-refractivity contribution >= 4 is 45.0 Å². The molecule has 2 aliphatic rings. The monoisotopic (exact) mass is 441 g/mol. The second kappa shape index (κ2) is 7.83. The summed E-state index contributed by atoms with van der Waals surface area (Å²) in [5, 5.41) is 2.81. The van der Waals surface area contributed by atoms with E-state index in [1.54, 1.807) is 42.6 Å². The molecule has 7 heteroatoms. The van der Waals surface area contributed by atoms with Crippen molar-refractivity contribution in [2.45, 2.75) is 38.1 Å². The lowest BCUT2D eigenvalue weighted by Gasteiger charge is -2.29. The minimum Gasteiger partial charge on any atom is -0.309 e. The summed E-state index contributed by atoms with van der Waals surface area (Å²) in [4.78, 5) is 44.0. The SMILES string of the molecule is O=C1C(=O)N(C(CC2CCCC2)C(=O)Nc2ccccn2)c2ccc(Br)cc21. The van der Waals surface area contributed by atoms with Crippen molar-refractivity contribution in [1.82, 2.24) is 4.98 Å². The van der Waals surface area contributed by atoms with E-state index >= 15 is 0 Å². The van der Waals surface area contributed by atoms with Gasteiger partial charge in [-0.1, -0.05) is 47.7 Å². The Morgan fingerprint density at radius 3 is 2.71 bits per heavy atom. The minimum absolute atomic E-state index is 0.317. The highest BCUT2D eigenvalue weighted by molar-refractivity contribution is 9.10. The van der Waals surface area contributed by atoms with Crippen molar-refractivity contribution in [2.75, 3.05) is 10.2 Å². The van der Waals surface area contributed by atoms with E-state index in [-0.39, 0.29) is 5.91 Å². The van der Waals surface area contributed by atoms with Gasteiger partial charge in [0.05, 0.1) is 11.3 Å². The Bertz CT molecular complexity index is 926. The average Bonchev–Trinajstić information content (AvgIpc) is 3.29. The molecule has 2 amide bonds. The van der Waals surface area contributed by atoms with Crippen LogP contribution in [0.25, 0.3) is 0 Å². The first kappa shape index (κ1) is 18.8. The number of nitrogens with one attached hydrogen (secondary N) is 1. The van der Waals surface area contributed by atoms with E-state index in [0.29, 0.717) is 29.4 Å². The Morgan fingerprint density at radius 2 is 2.00 bits per heavy atom. The van der Waals surface area contributed by atoms with E-state index in [0.717, 1.165) is 30.2 Å². The maximum atomic E-state index is 13.2. The van der Waals surface area contributed by atoms with Crippen LogP contribution in [0.3, 0.4) is 0 Å². The molecule has 1 aromatic carbocycles. The zero-order valence-electron chi connectivity index (χ0n) is 15.2. The maximum absolute atomic E-state index is 13.2. The van der Waals surface area contributed by atoms with Crippen molar-refractivity contribution in [1.29, 1.82) is 0 Å². The largest absolute Gasteiger partial charge is 0.309 e. The summed E-state index contributed by atoms with van der Waals surface area (Å²) in [5.41, 5.74) is 0.832. The third kappa shape index (κ3) is 3.58. The van der Waals surface area contributed by atoms with Gasteiger partial charge in [0, 0.05) is 10.7 Å². The molecule has 0 radical (unpaired) electrons. The standard InChI is InChI=1S/C21H20BrN3O3/c22-14-8-9-16-15(12-14)19(26)21(28)25(16)17(11-13-5-1-2-6-13)20(27)24-18-7-3-4-10-23-18/h3-4,7-10,12-13,17H,1-2,5-6,11H2,(H,23,24,27). The Labute approximate surface area is 171 Å². The molecule has 1 aliphatic heterocycles. The number of hydrogen-bond donors (Lipinski definition) is 1. The second-order valence-electron chi connectivity index (χ2n) is 7.27. The number of carbonyl (C=O) groups excluding carboxylic acids is 3. The van der Waals surface area contributed by atoms with Gasteiger partial charge in [-0.2, -0.15) is 0 Å². The van der Waals surface area contributed by atoms with Crippen LogP contribution in [-0.2, 0) is 9.59 Å². The number of aromatic nitrogens is 1. The van der Waals surface area contributed by atoms with Crippen LogP contribution in [0.2, 0.25) is 0 Å². The fourth-order valence-electron chi connectivity index (χ4n) is 4.08. The van der Waals surface area contributed by atoms with Crippen molar-refractivity contribution in [2.24, 2.45) is 5.92 Å². The number of nitrogens with zero attached hydrogens (tertiary/aromatic N) is 2. The lowest BCUT2D eigenvalue weighted by molar-refractivity contribution is -0.121. The molecular weight excluding hydrogens is 422 g/mol. The Hall–Kier alpha value is -2.54. The zero-order valence-corrected chi connectivity index (χ0v) is 16.8. The highest BCUT2D eigenvalue weighted by Crippen LogP contribution is 2.37. The maximum Gasteiger partial charge on any atom is 0.300 e. The summed E-state index contributed by atoms with van der Waals surface area (Å²) in [5.74, 6) is -0.743. The number of rotatable bonds is 5. The summed E-state index contributed by atoms with van der Waals surface area (Å²) < 4.78 is 0.722. The molecule has 144 valence electrons. The lowest BCUT2D eigenvalue weighted by atomic mass is 9.96. The van der Waals surface area contributed by atoms with Crippen LogP contribution in [0.4, 0.5) is 11.5 Å². The minimum atomic E-state index is -0.746. The molecule has 0 bridgehead atoms. The number of carbonyl (C=O) groups is 3. The fraction of sp³-hybridized carbons (Fsp3) is 0.333. The van der Waals surface area contributed by atoms with E-state index in [1.165, 1.54) is 4.90 Å². The van der Waals surface area contributed by atoms with Crippen molar-refractivity contribution < 1.29 is 14.4 Å². The Kier molecular flexibility index (Phi) is 5.26. The number of benzene rings is 1. The first-order chi connectivity index (χ1) is 13.5. The van der Waals surface area contributed by atoms with Gasteiger partial charge in [-0.25, -0.2) is 4.98 Å². The number of ketones is 1. The molecule has 1 atom stereocenters. The fourth-order valence-corrected chi connectivity index (χ4v) is 4.44. The first-order valence-corrected chi connectivity index (χ1v) is 10.2. The summed E-state index contributed by atoms with van der Waals surface area (Å²) in [6, 6.07) is 9.64. The zero-order chi connectivity index (χ0) is 19.7. The second-order valence-corrected chi connectivity index (χ2v) is 8.19. The van der Waals surface area contributed by atoms with Crippen LogP contribution in [0, 0.1) is 5.92 Å². The Balaban J connectivity index is 1.68. The summed E-state index contributed by atoms with van der Waals surface area (Å²) in [6.07, 6.45) is 6.48. The van der Waals surface area contributed by atoms with Crippen molar-refractivity contribution in [3.05, 3.63) is 52.6 Å². The molecule has 0 saturated heterocycles. The molecule has 1 saturated carbocycles. The van der Waals surface area contributed by atoms with Crippen molar-refractivity contribution in [3.8, 4) is 0 Å². The van der Waals surface area contributed by atoms with Crippen molar-refractivity contribution in [3.63, 3.8) is 0 Å². The molecule has 1 N–H and O–H groups in total. The number of anilines is 2. The summed E-state index contributed by atoms with van der Waals surface area (Å²) >= 11 is 3.34. The predicted octanol–water partition coefficient (Wildman–Crippen LogP) is 3.96. The van der Waals surface area contributed by atoms with E-state index < -0.39 is 17.7 Å². The molecule has 28 heavy (non-hydrogen) atoms. The number of halogens is 1. The van der Waals surface area contributed by atoms with Crippen LogP contribution in [0.15, 0.2) is 47.1 Å². The third-order valence-electron chi connectivity index (χ3n) is 5.44. The van der Waals surface area contributed by atoms with E-state index in [9.17, 15) is 14.4 Å². The molecule has 1 aromatic heterocycles. The number of Topliss-reactive ketones (excluding diaryl/α,β-unsaturated/α-hetero) is 1. The lowest BCUT2D eigenvalue weighted by Crippen LogP contribution is -2.48. The Morgan fingerprint density at radius 1 is 1.21 bits per heavy atom. The smallest absolute Gasteiger partial charge is 0.300 e. The molecular formula is C21H20BrN3O3. The van der Waals surface area contributed by atoms with Gasteiger partial charge in [0.15, 0.2) is 0 Å². The average molecular weight is 442 g/mol. The van der Waals surface area contributed by atoms with Crippen LogP contribution in [0.5, 0.6) is 0 Å². The van der Waals surface area contributed by atoms with Gasteiger partial charge in [0.1, 0.15) is 11.9 Å². The molecule has 1 unspecified atom stereocenters. The molecule has 1 fully saturated rings. The van der Waals surface area contributed by atoms with Crippen LogP contribution >= 0.6 is 15.9 Å². The van der Waals surface area contributed by atoms with E-state index in [4.69, 9.17) is 0 Å². The first-order valence-electron chi connectivity index (χ1n) is 9.44.